The van der Waals surface area contributed by atoms with Crippen molar-refractivity contribution in [2.24, 2.45) is 0 Å². The maximum atomic E-state index is 13.2. The number of hydrogen-bond acceptors (Lipinski definition) is 8. The Morgan fingerprint density at radius 3 is 2.19 bits per heavy atom. The van der Waals surface area contributed by atoms with Gasteiger partial charge in [0.25, 0.3) is 0 Å². The van der Waals surface area contributed by atoms with Gasteiger partial charge in [-0.2, -0.15) is 0 Å². The molecule has 1 saturated heterocycles. The minimum atomic E-state index is -0.736. The molecule has 0 radical (unpaired) electrons. The van der Waals surface area contributed by atoms with Crippen LogP contribution in [0.3, 0.4) is 0 Å². The van der Waals surface area contributed by atoms with Crippen LogP contribution >= 0.6 is 0 Å². The Morgan fingerprint density at radius 1 is 0.973 bits per heavy atom. The van der Waals surface area contributed by atoms with Crippen LogP contribution in [0.15, 0.2) is 23.4 Å². The molecular weight excluding hydrogens is 476 g/mol. The van der Waals surface area contributed by atoms with Gasteiger partial charge in [-0.3, -0.25) is 9.80 Å². The summed E-state index contributed by atoms with van der Waals surface area (Å²) in [4.78, 5) is 30.9. The average molecular weight is 517 g/mol. The Morgan fingerprint density at radius 2 is 1.62 bits per heavy atom. The molecule has 2 N–H and O–H groups in total. The Kier molecular flexibility index (Phi) is 9.15. The summed E-state index contributed by atoms with van der Waals surface area (Å²) in [5.74, 6) is 0.845. The molecule has 10 heteroatoms. The second kappa shape index (κ2) is 12.5. The number of esters is 1. The van der Waals surface area contributed by atoms with Crippen molar-refractivity contribution in [2.45, 2.75) is 51.1 Å². The largest absolute Gasteiger partial charge is 0.493 e. The summed E-state index contributed by atoms with van der Waals surface area (Å²) in [5, 5.41) is 5.79. The molecule has 0 spiro atoms. The van der Waals surface area contributed by atoms with Crippen LogP contribution < -0.4 is 24.8 Å². The lowest BCUT2D eigenvalue weighted by atomic mass is 9.93. The molecular formula is C27H40N4O6. The van der Waals surface area contributed by atoms with E-state index in [1.54, 1.807) is 19.1 Å². The number of benzene rings is 1. The van der Waals surface area contributed by atoms with E-state index in [0.717, 1.165) is 26.2 Å². The van der Waals surface area contributed by atoms with Gasteiger partial charge >= 0.3 is 12.0 Å². The van der Waals surface area contributed by atoms with E-state index in [1.165, 1.54) is 53.4 Å². The van der Waals surface area contributed by atoms with Gasteiger partial charge in [-0.15, -0.1) is 0 Å². The highest BCUT2D eigenvalue weighted by atomic mass is 16.5. The molecule has 2 aliphatic heterocycles. The molecule has 0 aromatic heterocycles. The van der Waals surface area contributed by atoms with Crippen LogP contribution in [-0.2, 0) is 9.53 Å². The maximum absolute atomic E-state index is 13.2. The number of methoxy groups -OCH3 is 3. The van der Waals surface area contributed by atoms with Gasteiger partial charge in [0, 0.05) is 44.5 Å². The average Bonchev–Trinajstić information content (AvgIpc) is 2.92. The highest BCUT2D eigenvalue weighted by Gasteiger charge is 2.36. The number of amides is 2. The maximum Gasteiger partial charge on any atom is 0.338 e. The normalized spacial score (nSPS) is 21.7. The first kappa shape index (κ1) is 27.1. The van der Waals surface area contributed by atoms with Crippen molar-refractivity contribution in [2.75, 3.05) is 60.7 Å². The molecule has 1 unspecified atom stereocenters. The highest BCUT2D eigenvalue weighted by molar-refractivity contribution is 5.95. The van der Waals surface area contributed by atoms with Crippen molar-refractivity contribution in [1.29, 1.82) is 0 Å². The number of nitrogens with one attached hydrogen (secondary N) is 2. The van der Waals surface area contributed by atoms with E-state index >= 15 is 0 Å². The fourth-order valence-corrected chi connectivity index (χ4v) is 5.67. The zero-order valence-electron chi connectivity index (χ0n) is 22.4. The minimum absolute atomic E-state index is 0.228. The van der Waals surface area contributed by atoms with E-state index in [1.807, 2.05) is 0 Å². The second-order valence-corrected chi connectivity index (χ2v) is 9.71. The third-order valence-corrected chi connectivity index (χ3v) is 7.55. The van der Waals surface area contributed by atoms with Gasteiger partial charge < -0.3 is 29.6 Å². The molecule has 204 valence electrons. The number of carbonyl (C=O) groups excluding carboxylic acids is 2. The molecule has 2 amide bonds. The standard InChI is InChI=1S/C27H40N4O6/c1-5-37-26(32)23-20(17-30-11-13-31(14-12-30)19-9-7-6-8-10-19)28-27(33)29-24(23)18-15-21(34-2)25(36-4)22(16-18)35-3/h15-16,19,24H,5-14,17H2,1-4H3,(H2,28,29,33). The lowest BCUT2D eigenvalue weighted by molar-refractivity contribution is -0.139. The molecule has 3 aliphatic rings. The molecule has 1 atom stereocenters. The van der Waals surface area contributed by atoms with Gasteiger partial charge in [-0.05, 0) is 37.5 Å². The summed E-state index contributed by atoms with van der Waals surface area (Å²) >= 11 is 0. The van der Waals surface area contributed by atoms with Crippen LogP contribution in [0, 0.1) is 0 Å². The Labute approximate surface area is 219 Å². The molecule has 1 aromatic rings. The second-order valence-electron chi connectivity index (χ2n) is 9.71. The topological polar surface area (TPSA) is 102 Å². The lowest BCUT2D eigenvalue weighted by Gasteiger charge is -2.41. The summed E-state index contributed by atoms with van der Waals surface area (Å²) in [6.45, 7) is 6.21. The summed E-state index contributed by atoms with van der Waals surface area (Å²) < 4.78 is 21.9. The molecule has 1 saturated carbocycles. The Balaban J connectivity index is 1.61. The van der Waals surface area contributed by atoms with Crippen LogP contribution in [0.4, 0.5) is 4.79 Å². The molecule has 1 aromatic carbocycles. The molecule has 2 heterocycles. The van der Waals surface area contributed by atoms with Crippen molar-refractivity contribution in [3.05, 3.63) is 29.0 Å². The zero-order chi connectivity index (χ0) is 26.4. The van der Waals surface area contributed by atoms with Crippen LogP contribution in [0.25, 0.3) is 0 Å². The summed E-state index contributed by atoms with van der Waals surface area (Å²) in [6.07, 6.45) is 6.57. The van der Waals surface area contributed by atoms with E-state index in [9.17, 15) is 9.59 Å². The monoisotopic (exact) mass is 516 g/mol. The van der Waals surface area contributed by atoms with Gasteiger partial charge in [0.15, 0.2) is 11.5 Å². The van der Waals surface area contributed by atoms with Crippen LogP contribution in [-0.4, -0.2) is 88.5 Å². The number of urea groups is 1. The number of nitrogens with zero attached hydrogens (tertiary/aromatic N) is 2. The molecule has 2 fully saturated rings. The van der Waals surface area contributed by atoms with Crippen molar-refractivity contribution < 1.29 is 28.5 Å². The van der Waals surface area contributed by atoms with E-state index in [-0.39, 0.29) is 12.6 Å². The number of carbonyl (C=O) groups is 2. The van der Waals surface area contributed by atoms with Crippen LogP contribution in [0.1, 0.15) is 50.6 Å². The number of ether oxygens (including phenoxy) is 4. The first-order valence-electron chi connectivity index (χ1n) is 13.2. The van der Waals surface area contributed by atoms with Crippen molar-refractivity contribution in [3.8, 4) is 17.2 Å². The van der Waals surface area contributed by atoms with E-state index in [4.69, 9.17) is 18.9 Å². The SMILES string of the molecule is CCOC(=O)C1=C(CN2CCN(C3CCCCC3)CC2)NC(=O)NC1c1cc(OC)c(OC)c(OC)c1. The third-order valence-electron chi connectivity index (χ3n) is 7.55. The Hall–Kier alpha value is -2.98. The van der Waals surface area contributed by atoms with E-state index in [2.05, 4.69) is 20.4 Å². The van der Waals surface area contributed by atoms with Gasteiger partial charge in [0.1, 0.15) is 0 Å². The molecule has 4 rings (SSSR count). The van der Waals surface area contributed by atoms with E-state index < -0.39 is 12.0 Å². The zero-order valence-corrected chi connectivity index (χ0v) is 22.4. The van der Waals surface area contributed by atoms with Crippen LogP contribution in [0.2, 0.25) is 0 Å². The van der Waals surface area contributed by atoms with Gasteiger partial charge in [-0.1, -0.05) is 19.3 Å². The van der Waals surface area contributed by atoms with Gasteiger partial charge in [-0.25, -0.2) is 9.59 Å². The highest BCUT2D eigenvalue weighted by Crippen LogP contribution is 2.41. The first-order valence-corrected chi connectivity index (χ1v) is 13.2. The Bertz CT molecular complexity index is 974. The molecule has 1 aliphatic carbocycles. The minimum Gasteiger partial charge on any atom is -0.493 e. The fourth-order valence-electron chi connectivity index (χ4n) is 5.67. The first-order chi connectivity index (χ1) is 18.0. The molecule has 10 nitrogen and oxygen atoms in total. The summed E-state index contributed by atoms with van der Waals surface area (Å²) in [5.41, 5.74) is 1.57. The summed E-state index contributed by atoms with van der Waals surface area (Å²) in [6, 6.07) is 3.07. The summed E-state index contributed by atoms with van der Waals surface area (Å²) in [7, 11) is 4.59. The predicted molar refractivity (Wildman–Crippen MR) is 139 cm³/mol. The fraction of sp³-hybridized carbons (Fsp3) is 0.630. The van der Waals surface area contributed by atoms with Crippen molar-refractivity contribution in [1.82, 2.24) is 20.4 Å². The number of piperazine rings is 1. The number of rotatable bonds is 9. The van der Waals surface area contributed by atoms with Gasteiger partial charge in [0.05, 0.1) is 39.6 Å². The van der Waals surface area contributed by atoms with Crippen LogP contribution in [0.5, 0.6) is 17.2 Å². The van der Waals surface area contributed by atoms with Crippen molar-refractivity contribution in [3.63, 3.8) is 0 Å². The quantitative estimate of drug-likeness (QED) is 0.483. The molecule has 0 bridgehead atoms. The lowest BCUT2D eigenvalue weighted by Crippen LogP contribution is -2.53. The third kappa shape index (κ3) is 6.13. The van der Waals surface area contributed by atoms with Gasteiger partial charge in [0.2, 0.25) is 5.75 Å². The van der Waals surface area contributed by atoms with E-state index in [0.29, 0.717) is 46.7 Å². The molecule has 37 heavy (non-hydrogen) atoms. The number of hydrogen-bond donors (Lipinski definition) is 2. The smallest absolute Gasteiger partial charge is 0.338 e. The van der Waals surface area contributed by atoms with Crippen molar-refractivity contribution >= 4 is 12.0 Å². The predicted octanol–water partition coefficient (Wildman–Crippen LogP) is 2.83.